The fraction of sp³-hybridized carbons (Fsp3) is 0.412. The summed E-state index contributed by atoms with van der Waals surface area (Å²) in [6, 6.07) is 1.67. The fourth-order valence-electron chi connectivity index (χ4n) is 3.40. The number of nitrogens with zero attached hydrogens (tertiary/aromatic N) is 4. The molecule has 0 unspecified atom stereocenters. The van der Waals surface area contributed by atoms with Gasteiger partial charge in [-0.2, -0.15) is 0 Å². The lowest BCUT2D eigenvalue weighted by Gasteiger charge is -2.28. The Morgan fingerprint density at radius 1 is 1.32 bits per heavy atom. The van der Waals surface area contributed by atoms with Gasteiger partial charge in [-0.25, -0.2) is 4.98 Å². The highest BCUT2D eigenvalue weighted by atomic mass is 16.2. The molecule has 0 aliphatic carbocycles. The molecule has 3 heterocycles. The minimum Gasteiger partial charge on any atom is -0.364 e. The first-order valence-electron chi connectivity index (χ1n) is 8.18. The van der Waals surface area contributed by atoms with E-state index in [1.165, 1.54) is 6.20 Å². The van der Waals surface area contributed by atoms with Crippen molar-refractivity contribution < 1.29 is 9.59 Å². The molecular formula is C17H21N5O3. The number of nitrogens with two attached hydrogens (primary N) is 1. The molecule has 0 saturated heterocycles. The van der Waals surface area contributed by atoms with Crippen molar-refractivity contribution >= 4 is 11.8 Å². The van der Waals surface area contributed by atoms with Crippen LogP contribution in [0.1, 0.15) is 44.9 Å². The highest BCUT2D eigenvalue weighted by molar-refractivity contribution is 5.94. The smallest absolute Gasteiger partial charge is 0.266 e. The summed E-state index contributed by atoms with van der Waals surface area (Å²) in [6.45, 7) is 4.93. The Hall–Kier alpha value is -2.90. The number of carbonyl (C=O) groups is 2. The van der Waals surface area contributed by atoms with Gasteiger partial charge >= 0.3 is 0 Å². The molecular weight excluding hydrogens is 322 g/mol. The van der Waals surface area contributed by atoms with E-state index in [0.717, 1.165) is 17.7 Å². The third-order valence-electron chi connectivity index (χ3n) is 4.72. The molecule has 0 saturated carbocycles. The molecule has 8 nitrogen and oxygen atoms in total. The maximum atomic E-state index is 12.9. The van der Waals surface area contributed by atoms with E-state index in [1.54, 1.807) is 27.1 Å². The molecule has 0 fully saturated rings. The molecule has 0 bridgehead atoms. The Labute approximate surface area is 144 Å². The molecule has 1 aliphatic rings. The number of hydrogen-bond donors (Lipinski definition) is 1. The van der Waals surface area contributed by atoms with Gasteiger partial charge in [0, 0.05) is 25.8 Å². The topological polar surface area (TPSA) is 103 Å². The lowest BCUT2D eigenvalue weighted by atomic mass is 10.1. The first-order chi connectivity index (χ1) is 11.8. The van der Waals surface area contributed by atoms with Crippen LogP contribution in [0.15, 0.2) is 17.1 Å². The summed E-state index contributed by atoms with van der Waals surface area (Å²) in [5.74, 6) is -0.272. The largest absolute Gasteiger partial charge is 0.364 e. The van der Waals surface area contributed by atoms with E-state index in [4.69, 9.17) is 5.73 Å². The molecule has 0 spiro atoms. The highest BCUT2D eigenvalue weighted by Gasteiger charge is 2.27. The van der Waals surface area contributed by atoms with Gasteiger partial charge in [-0.05, 0) is 25.0 Å². The molecule has 0 atom stereocenters. The zero-order valence-corrected chi connectivity index (χ0v) is 14.6. The molecule has 1 aliphatic heterocycles. The molecule has 0 aromatic carbocycles. The quantitative estimate of drug-likeness (QED) is 0.860. The Morgan fingerprint density at radius 2 is 2.04 bits per heavy atom. The molecule has 2 aromatic heterocycles. The lowest BCUT2D eigenvalue weighted by molar-refractivity contribution is 0.0703. The van der Waals surface area contributed by atoms with Crippen LogP contribution in [-0.4, -0.2) is 37.4 Å². The van der Waals surface area contributed by atoms with Crippen LogP contribution >= 0.6 is 0 Å². The number of imidazole rings is 1. The van der Waals surface area contributed by atoms with Crippen molar-refractivity contribution in [2.24, 2.45) is 12.8 Å². The van der Waals surface area contributed by atoms with Crippen molar-refractivity contribution in [3.8, 4) is 0 Å². The average Bonchev–Trinajstić information content (AvgIpc) is 3.01. The fourth-order valence-corrected chi connectivity index (χ4v) is 3.40. The number of aromatic nitrogens is 3. The Morgan fingerprint density at radius 3 is 2.68 bits per heavy atom. The van der Waals surface area contributed by atoms with Gasteiger partial charge < -0.3 is 19.8 Å². The third-order valence-corrected chi connectivity index (χ3v) is 4.72. The first-order valence-corrected chi connectivity index (χ1v) is 8.18. The van der Waals surface area contributed by atoms with E-state index in [1.807, 2.05) is 13.8 Å². The highest BCUT2D eigenvalue weighted by Crippen LogP contribution is 2.17. The number of carbonyl (C=O) groups excluding carboxylic acids is 2. The number of aryl methyl sites for hydroxylation is 1. The molecule has 25 heavy (non-hydrogen) atoms. The maximum absolute atomic E-state index is 12.9. The van der Waals surface area contributed by atoms with Gasteiger partial charge in [0.05, 0.1) is 12.7 Å². The van der Waals surface area contributed by atoms with E-state index in [9.17, 15) is 14.4 Å². The Bertz CT molecular complexity index is 925. The van der Waals surface area contributed by atoms with Gasteiger partial charge in [0.2, 0.25) is 0 Å². The van der Waals surface area contributed by atoms with Gasteiger partial charge in [0.15, 0.2) is 0 Å². The molecule has 2 aromatic rings. The monoisotopic (exact) mass is 343 g/mol. The number of pyridine rings is 1. The second-order valence-corrected chi connectivity index (χ2v) is 6.21. The zero-order chi connectivity index (χ0) is 18.3. The van der Waals surface area contributed by atoms with Crippen LogP contribution in [0.25, 0.3) is 0 Å². The van der Waals surface area contributed by atoms with E-state index in [2.05, 4.69) is 4.98 Å². The number of fused-ring (bicyclic) bond motifs is 1. The summed E-state index contributed by atoms with van der Waals surface area (Å²) in [5.41, 5.74) is 7.36. The summed E-state index contributed by atoms with van der Waals surface area (Å²) in [5, 5.41) is 0. The normalized spacial score (nSPS) is 13.6. The van der Waals surface area contributed by atoms with Crippen LogP contribution < -0.4 is 11.3 Å². The number of primary amides is 1. The molecule has 0 radical (unpaired) electrons. The minimum atomic E-state index is -0.543. The average molecular weight is 343 g/mol. The second kappa shape index (κ2) is 6.19. The Kier molecular flexibility index (Phi) is 4.20. The predicted octanol–water partition coefficient (Wildman–Crippen LogP) is 0.208. The summed E-state index contributed by atoms with van der Waals surface area (Å²) >= 11 is 0. The van der Waals surface area contributed by atoms with E-state index >= 15 is 0 Å². The molecule has 2 amide bonds. The maximum Gasteiger partial charge on any atom is 0.266 e. The molecule has 8 heteroatoms. The van der Waals surface area contributed by atoms with Crippen molar-refractivity contribution in [1.29, 1.82) is 0 Å². The summed E-state index contributed by atoms with van der Waals surface area (Å²) in [6.07, 6.45) is 2.15. The minimum absolute atomic E-state index is 0.160. The number of rotatable bonds is 3. The second-order valence-electron chi connectivity index (χ2n) is 6.21. The van der Waals surface area contributed by atoms with Crippen LogP contribution in [0.5, 0.6) is 0 Å². The number of amides is 2. The van der Waals surface area contributed by atoms with Crippen molar-refractivity contribution in [2.45, 2.75) is 33.4 Å². The molecule has 132 valence electrons. The van der Waals surface area contributed by atoms with Crippen molar-refractivity contribution in [1.82, 2.24) is 19.0 Å². The van der Waals surface area contributed by atoms with Crippen molar-refractivity contribution in [3.63, 3.8) is 0 Å². The standard InChI is InChI=1S/C17H21N5O3/c1-4-12-10(2)7-11(16(24)20(12)3)17(25)21-5-6-22-13(15(18)23)8-19-14(22)9-21/h7-8H,4-6,9H2,1-3H3,(H2,18,23). The predicted molar refractivity (Wildman–Crippen MR) is 91.3 cm³/mol. The van der Waals surface area contributed by atoms with Crippen LogP contribution in [0.4, 0.5) is 0 Å². The molecule has 2 N–H and O–H groups in total. The lowest BCUT2D eigenvalue weighted by Crippen LogP contribution is -2.42. The number of hydrogen-bond acceptors (Lipinski definition) is 4. The summed E-state index contributed by atoms with van der Waals surface area (Å²) in [4.78, 5) is 42.6. The van der Waals surface area contributed by atoms with Crippen LogP contribution in [0.2, 0.25) is 0 Å². The Balaban J connectivity index is 1.93. The third kappa shape index (κ3) is 2.73. The van der Waals surface area contributed by atoms with E-state index < -0.39 is 5.91 Å². The van der Waals surface area contributed by atoms with E-state index in [-0.39, 0.29) is 23.6 Å². The van der Waals surface area contributed by atoms with Gasteiger partial charge in [-0.15, -0.1) is 0 Å². The van der Waals surface area contributed by atoms with Gasteiger partial charge in [0.25, 0.3) is 17.4 Å². The van der Waals surface area contributed by atoms with E-state index in [0.29, 0.717) is 24.6 Å². The molecule has 3 rings (SSSR count). The van der Waals surface area contributed by atoms with Crippen LogP contribution in [-0.2, 0) is 26.6 Å². The summed E-state index contributed by atoms with van der Waals surface area (Å²) in [7, 11) is 1.69. The zero-order valence-electron chi connectivity index (χ0n) is 14.6. The van der Waals surface area contributed by atoms with Gasteiger partial charge in [-0.1, -0.05) is 6.92 Å². The summed E-state index contributed by atoms with van der Waals surface area (Å²) < 4.78 is 3.26. The van der Waals surface area contributed by atoms with Crippen molar-refractivity contribution in [2.75, 3.05) is 6.54 Å². The van der Waals surface area contributed by atoms with Gasteiger partial charge in [0.1, 0.15) is 17.1 Å². The SMILES string of the molecule is CCc1c(C)cc(C(=O)N2CCn3c(C(N)=O)cnc3C2)c(=O)n1C. The first kappa shape index (κ1) is 16.9. The van der Waals surface area contributed by atoms with Crippen LogP contribution in [0.3, 0.4) is 0 Å². The van der Waals surface area contributed by atoms with Crippen LogP contribution in [0, 0.1) is 6.92 Å². The van der Waals surface area contributed by atoms with Crippen molar-refractivity contribution in [3.05, 3.63) is 51.0 Å². The van der Waals surface area contributed by atoms with Gasteiger partial charge in [-0.3, -0.25) is 14.4 Å².